The van der Waals surface area contributed by atoms with Gasteiger partial charge >= 0.3 is 0 Å². The van der Waals surface area contributed by atoms with Crippen molar-refractivity contribution in [3.05, 3.63) is 40.6 Å². The van der Waals surface area contributed by atoms with E-state index in [0.29, 0.717) is 17.3 Å². The molecular weight excluding hydrogens is 288 g/mol. The molecule has 0 fully saturated rings. The van der Waals surface area contributed by atoms with Gasteiger partial charge in [0, 0.05) is 30.0 Å². The van der Waals surface area contributed by atoms with Crippen molar-refractivity contribution in [3.63, 3.8) is 0 Å². The average Bonchev–Trinajstić information content (AvgIpc) is 2.42. The second-order valence-electron chi connectivity index (χ2n) is 4.85. The van der Waals surface area contributed by atoms with Crippen LogP contribution in [0.15, 0.2) is 30.0 Å². The Morgan fingerprint density at radius 2 is 2.19 bits per heavy atom. The largest absolute Gasteiger partial charge is 0.388 e. The summed E-state index contributed by atoms with van der Waals surface area (Å²) in [6.45, 7) is 3.34. The molecule has 1 amide bonds. The zero-order valence-electron chi connectivity index (χ0n) is 12.4. The molecular formula is C15H19ClN4O. The minimum Gasteiger partial charge on any atom is -0.388 e. The summed E-state index contributed by atoms with van der Waals surface area (Å²) in [5, 5.41) is 15.2. The lowest BCUT2D eigenvalue weighted by molar-refractivity contribution is -0.112. The Bertz CT molecular complexity index is 576. The Morgan fingerprint density at radius 1 is 1.48 bits per heavy atom. The van der Waals surface area contributed by atoms with Gasteiger partial charge in [-0.2, -0.15) is 5.26 Å². The number of aryl methyl sites for hydroxylation is 1. The minimum atomic E-state index is -0.463. The molecule has 2 N–H and O–H groups in total. The monoisotopic (exact) mass is 306 g/mol. The smallest absolute Gasteiger partial charge is 0.267 e. The van der Waals surface area contributed by atoms with Crippen molar-refractivity contribution in [3.8, 4) is 6.07 Å². The number of carbonyl (C=O) groups is 1. The summed E-state index contributed by atoms with van der Waals surface area (Å²) < 4.78 is 0. The summed E-state index contributed by atoms with van der Waals surface area (Å²) in [5.41, 5.74) is 1.51. The maximum atomic E-state index is 12.0. The van der Waals surface area contributed by atoms with Crippen LogP contribution < -0.4 is 10.6 Å². The van der Waals surface area contributed by atoms with E-state index in [1.54, 1.807) is 12.1 Å². The lowest BCUT2D eigenvalue weighted by Gasteiger charge is -2.09. The third-order valence-electron chi connectivity index (χ3n) is 2.74. The summed E-state index contributed by atoms with van der Waals surface area (Å²) in [4.78, 5) is 14.0. The number of nitriles is 1. The van der Waals surface area contributed by atoms with Crippen LogP contribution in [0.25, 0.3) is 0 Å². The molecule has 0 saturated heterocycles. The molecule has 0 aromatic heterocycles. The molecule has 6 heteroatoms. The van der Waals surface area contributed by atoms with Gasteiger partial charge < -0.3 is 15.5 Å². The van der Waals surface area contributed by atoms with E-state index in [0.717, 1.165) is 12.1 Å². The predicted molar refractivity (Wildman–Crippen MR) is 85.1 cm³/mol. The number of hydrogen-bond acceptors (Lipinski definition) is 4. The quantitative estimate of drug-likeness (QED) is 0.480. The number of hydrogen-bond donors (Lipinski definition) is 2. The Hall–Kier alpha value is -2.03. The lowest BCUT2D eigenvalue weighted by Crippen LogP contribution is -2.24. The van der Waals surface area contributed by atoms with Crippen LogP contribution in [-0.4, -0.2) is 38.0 Å². The fourth-order valence-corrected chi connectivity index (χ4v) is 1.66. The number of rotatable bonds is 6. The van der Waals surface area contributed by atoms with Crippen molar-refractivity contribution in [1.82, 2.24) is 10.2 Å². The van der Waals surface area contributed by atoms with Gasteiger partial charge in [-0.3, -0.25) is 4.79 Å². The molecule has 0 atom stereocenters. The Labute approximate surface area is 130 Å². The topological polar surface area (TPSA) is 68.2 Å². The Balaban J connectivity index is 2.64. The van der Waals surface area contributed by atoms with Gasteiger partial charge in [0.1, 0.15) is 11.6 Å². The van der Waals surface area contributed by atoms with Crippen LogP contribution in [0.2, 0.25) is 5.02 Å². The molecule has 0 aliphatic heterocycles. The molecule has 1 aromatic carbocycles. The molecule has 0 saturated carbocycles. The molecule has 0 unspecified atom stereocenters. The van der Waals surface area contributed by atoms with E-state index in [2.05, 4.69) is 10.6 Å². The van der Waals surface area contributed by atoms with Crippen LogP contribution in [0.5, 0.6) is 0 Å². The highest BCUT2D eigenvalue weighted by atomic mass is 35.5. The van der Waals surface area contributed by atoms with Gasteiger partial charge in [-0.05, 0) is 38.7 Å². The number of nitrogens with zero attached hydrogens (tertiary/aromatic N) is 2. The zero-order valence-corrected chi connectivity index (χ0v) is 13.2. The first-order valence-corrected chi connectivity index (χ1v) is 6.87. The molecule has 0 heterocycles. The molecule has 0 spiro atoms. The Morgan fingerprint density at radius 3 is 2.76 bits per heavy atom. The van der Waals surface area contributed by atoms with E-state index >= 15 is 0 Å². The van der Waals surface area contributed by atoms with Crippen LogP contribution in [0.3, 0.4) is 0 Å². The molecule has 0 aliphatic carbocycles. The van der Waals surface area contributed by atoms with Crippen LogP contribution in [0.1, 0.15) is 5.56 Å². The maximum Gasteiger partial charge on any atom is 0.267 e. The minimum absolute atomic E-state index is 0.0189. The highest BCUT2D eigenvalue weighted by Crippen LogP contribution is 2.20. The zero-order chi connectivity index (χ0) is 15.8. The van der Waals surface area contributed by atoms with Gasteiger partial charge in [-0.15, -0.1) is 0 Å². The maximum absolute atomic E-state index is 12.0. The number of halogens is 1. The number of carbonyl (C=O) groups excluding carboxylic acids is 1. The standard InChI is InChI=1S/C15H19ClN4O/c1-11-4-5-13(8-14(11)16)19-15(21)12(9-17)10-18-6-7-20(2)3/h4-5,8,10,18H,6-7H2,1-3H3,(H,19,21)/b12-10-. The first kappa shape index (κ1) is 17.0. The van der Waals surface area contributed by atoms with Crippen molar-refractivity contribution < 1.29 is 4.79 Å². The number of anilines is 1. The van der Waals surface area contributed by atoms with Crippen molar-refractivity contribution >= 4 is 23.2 Å². The van der Waals surface area contributed by atoms with Crippen LogP contribution in [0.4, 0.5) is 5.69 Å². The van der Waals surface area contributed by atoms with Crippen molar-refractivity contribution in [2.24, 2.45) is 0 Å². The van der Waals surface area contributed by atoms with E-state index < -0.39 is 5.91 Å². The van der Waals surface area contributed by atoms with E-state index in [1.807, 2.05) is 38.1 Å². The second-order valence-corrected chi connectivity index (χ2v) is 5.25. The SMILES string of the molecule is Cc1ccc(NC(=O)/C(C#N)=C\NCCN(C)C)cc1Cl. The molecule has 5 nitrogen and oxygen atoms in total. The molecule has 112 valence electrons. The normalized spacial score (nSPS) is 11.1. The number of amides is 1. The fraction of sp³-hybridized carbons (Fsp3) is 0.333. The fourth-order valence-electron chi connectivity index (χ4n) is 1.48. The highest BCUT2D eigenvalue weighted by Gasteiger charge is 2.09. The number of likely N-dealkylation sites (N-methyl/N-ethyl adjacent to an activating group) is 1. The van der Waals surface area contributed by atoms with Crippen LogP contribution in [-0.2, 0) is 4.79 Å². The van der Waals surface area contributed by atoms with Gasteiger partial charge in [0.15, 0.2) is 0 Å². The number of nitrogens with one attached hydrogen (secondary N) is 2. The van der Waals surface area contributed by atoms with Crippen molar-refractivity contribution in [1.29, 1.82) is 5.26 Å². The summed E-state index contributed by atoms with van der Waals surface area (Å²) in [6.07, 6.45) is 1.43. The third kappa shape index (κ3) is 5.86. The molecule has 0 aliphatic rings. The first-order chi connectivity index (χ1) is 9.93. The van der Waals surface area contributed by atoms with Crippen LogP contribution in [0, 0.1) is 18.3 Å². The van der Waals surface area contributed by atoms with Gasteiger partial charge in [-0.1, -0.05) is 17.7 Å². The molecule has 21 heavy (non-hydrogen) atoms. The van der Waals surface area contributed by atoms with Crippen molar-refractivity contribution in [2.75, 3.05) is 32.5 Å². The highest BCUT2D eigenvalue weighted by molar-refractivity contribution is 6.31. The molecule has 1 rings (SSSR count). The van der Waals surface area contributed by atoms with E-state index in [4.69, 9.17) is 16.9 Å². The third-order valence-corrected chi connectivity index (χ3v) is 3.15. The summed E-state index contributed by atoms with van der Waals surface area (Å²) in [6, 6.07) is 7.08. The van der Waals surface area contributed by atoms with Gasteiger partial charge in [-0.25, -0.2) is 0 Å². The second kappa shape index (κ2) is 8.30. The molecule has 0 radical (unpaired) electrons. The molecule has 0 bridgehead atoms. The van der Waals surface area contributed by atoms with Crippen molar-refractivity contribution in [2.45, 2.75) is 6.92 Å². The predicted octanol–water partition coefficient (Wildman–Crippen LogP) is 2.15. The summed E-state index contributed by atoms with van der Waals surface area (Å²) in [5.74, 6) is -0.463. The Kier molecular flexibility index (Phi) is 6.73. The lowest BCUT2D eigenvalue weighted by atomic mass is 10.2. The van der Waals surface area contributed by atoms with Crippen LogP contribution >= 0.6 is 11.6 Å². The van der Waals surface area contributed by atoms with E-state index in [9.17, 15) is 4.79 Å². The number of benzene rings is 1. The summed E-state index contributed by atoms with van der Waals surface area (Å²) >= 11 is 5.99. The van der Waals surface area contributed by atoms with E-state index in [-0.39, 0.29) is 5.57 Å². The van der Waals surface area contributed by atoms with Gasteiger partial charge in [0.25, 0.3) is 5.91 Å². The van der Waals surface area contributed by atoms with Gasteiger partial charge in [0.05, 0.1) is 0 Å². The van der Waals surface area contributed by atoms with Gasteiger partial charge in [0.2, 0.25) is 0 Å². The first-order valence-electron chi connectivity index (χ1n) is 6.50. The summed E-state index contributed by atoms with van der Waals surface area (Å²) in [7, 11) is 3.90. The molecule has 1 aromatic rings. The average molecular weight is 307 g/mol. The van der Waals surface area contributed by atoms with E-state index in [1.165, 1.54) is 6.20 Å².